The van der Waals surface area contributed by atoms with E-state index in [1.165, 1.54) is 0 Å². The van der Waals surface area contributed by atoms with Crippen molar-refractivity contribution in [1.29, 1.82) is 5.26 Å². The van der Waals surface area contributed by atoms with E-state index < -0.39 is 0 Å². The number of nitriles is 1. The minimum absolute atomic E-state index is 0.197. The predicted octanol–water partition coefficient (Wildman–Crippen LogP) is 1.46. The van der Waals surface area contributed by atoms with Crippen LogP contribution in [0, 0.1) is 17.2 Å². The first-order valence-electron chi connectivity index (χ1n) is 5.15. The highest BCUT2D eigenvalue weighted by Crippen LogP contribution is 2.13. The van der Waals surface area contributed by atoms with Crippen LogP contribution in [0.25, 0.3) is 0 Å². The van der Waals surface area contributed by atoms with Gasteiger partial charge >= 0.3 is 0 Å². The van der Waals surface area contributed by atoms with Crippen LogP contribution in [0.1, 0.15) is 27.2 Å². The van der Waals surface area contributed by atoms with E-state index in [1.807, 2.05) is 9.91 Å². The second-order valence-corrected chi connectivity index (χ2v) is 3.99. The predicted molar refractivity (Wildman–Crippen MR) is 56.4 cm³/mol. The third kappa shape index (κ3) is 2.38. The maximum absolute atomic E-state index is 9.03. The molecule has 0 aromatic carbocycles. The summed E-state index contributed by atoms with van der Waals surface area (Å²) in [6.45, 7) is 8.12. The van der Waals surface area contributed by atoms with Gasteiger partial charge in [-0.05, 0) is 12.3 Å². The van der Waals surface area contributed by atoms with Crippen LogP contribution in [0.4, 0.5) is 0 Å². The molecule has 78 valence electrons. The van der Waals surface area contributed by atoms with Gasteiger partial charge < -0.3 is 4.90 Å². The highest BCUT2D eigenvalue weighted by atomic mass is 15.6. The maximum Gasteiger partial charge on any atom is 0.207 e. The van der Waals surface area contributed by atoms with E-state index >= 15 is 0 Å². The summed E-state index contributed by atoms with van der Waals surface area (Å²) in [6.07, 6.45) is 2.60. The van der Waals surface area contributed by atoms with E-state index in [4.69, 9.17) is 5.26 Å². The molecule has 1 aliphatic heterocycles. The van der Waals surface area contributed by atoms with Crippen LogP contribution in [0.2, 0.25) is 0 Å². The molecule has 0 fully saturated rings. The van der Waals surface area contributed by atoms with Crippen molar-refractivity contribution >= 4 is 6.34 Å². The van der Waals surface area contributed by atoms with Gasteiger partial charge in [0.05, 0.1) is 0 Å². The topological polar surface area (TPSA) is 42.6 Å². The average molecular weight is 194 g/mol. The van der Waals surface area contributed by atoms with Crippen LogP contribution >= 0.6 is 0 Å². The molecule has 0 saturated heterocycles. The number of hydrogen-bond acceptors (Lipinski definition) is 4. The normalized spacial score (nSPS) is 20.6. The van der Waals surface area contributed by atoms with Gasteiger partial charge in [-0.1, -0.05) is 20.8 Å². The zero-order chi connectivity index (χ0) is 10.6. The molecule has 1 rings (SSSR count). The minimum Gasteiger partial charge on any atom is -0.327 e. The lowest BCUT2D eigenvalue weighted by atomic mass is 10.2. The fourth-order valence-corrected chi connectivity index (χ4v) is 1.55. The zero-order valence-electron chi connectivity index (χ0n) is 9.14. The molecule has 1 atom stereocenters. The summed E-state index contributed by atoms with van der Waals surface area (Å²) in [6, 6.07) is 2.28. The molecule has 0 aromatic rings. The van der Waals surface area contributed by atoms with Crippen molar-refractivity contribution in [2.24, 2.45) is 11.0 Å². The molecule has 0 radical (unpaired) electrons. The summed E-state index contributed by atoms with van der Waals surface area (Å²) in [7, 11) is 0. The fourth-order valence-electron chi connectivity index (χ4n) is 1.55. The quantitative estimate of drug-likeness (QED) is 0.680. The molecule has 0 aromatic heterocycles. The lowest BCUT2D eigenvalue weighted by molar-refractivity contribution is 0.168. The Morgan fingerprint density at radius 3 is 2.79 bits per heavy atom. The summed E-state index contributed by atoms with van der Waals surface area (Å²) in [5.74, 6) is 0.555. The van der Waals surface area contributed by atoms with Crippen molar-refractivity contribution in [3.8, 4) is 6.07 Å². The van der Waals surface area contributed by atoms with Crippen molar-refractivity contribution in [1.82, 2.24) is 9.91 Å². The van der Waals surface area contributed by atoms with Crippen molar-refractivity contribution in [3.05, 3.63) is 0 Å². The van der Waals surface area contributed by atoms with Crippen LogP contribution in [0.15, 0.2) is 5.10 Å². The molecule has 1 heterocycles. The average Bonchev–Trinajstić information content (AvgIpc) is 2.47. The van der Waals surface area contributed by atoms with Crippen molar-refractivity contribution in [2.45, 2.75) is 33.4 Å². The van der Waals surface area contributed by atoms with Crippen LogP contribution in [0.3, 0.4) is 0 Å². The Labute approximate surface area is 85.8 Å². The van der Waals surface area contributed by atoms with Crippen LogP contribution in [-0.2, 0) is 0 Å². The van der Waals surface area contributed by atoms with E-state index in [2.05, 4.69) is 31.9 Å². The first-order valence-corrected chi connectivity index (χ1v) is 5.15. The van der Waals surface area contributed by atoms with Crippen molar-refractivity contribution in [2.75, 3.05) is 13.1 Å². The Balaban J connectivity index is 2.56. The molecule has 4 heteroatoms. The highest BCUT2D eigenvalue weighted by Gasteiger charge is 2.26. The Hall–Kier alpha value is -1.24. The van der Waals surface area contributed by atoms with Gasteiger partial charge in [-0.25, -0.2) is 0 Å². The molecule has 4 nitrogen and oxygen atoms in total. The smallest absolute Gasteiger partial charge is 0.207 e. The Kier molecular flexibility index (Phi) is 3.75. The van der Waals surface area contributed by atoms with Gasteiger partial charge in [0.1, 0.15) is 12.4 Å². The molecule has 14 heavy (non-hydrogen) atoms. The third-order valence-corrected chi connectivity index (χ3v) is 2.09. The first-order chi connectivity index (χ1) is 6.69. The zero-order valence-corrected chi connectivity index (χ0v) is 9.14. The molecule has 0 saturated carbocycles. The van der Waals surface area contributed by atoms with Gasteiger partial charge in [-0.2, -0.15) is 10.4 Å². The fraction of sp³-hybridized carbons (Fsp3) is 0.800. The second-order valence-electron chi connectivity index (χ2n) is 3.99. The SMILES string of the molecule is CCCN1N=CN(CC(C)C)C1C#N. The van der Waals surface area contributed by atoms with E-state index in [0.717, 1.165) is 19.5 Å². The molecule has 0 amide bonds. The summed E-state index contributed by atoms with van der Waals surface area (Å²) >= 11 is 0. The molecule has 0 bridgehead atoms. The third-order valence-electron chi connectivity index (χ3n) is 2.09. The van der Waals surface area contributed by atoms with Crippen molar-refractivity contribution in [3.63, 3.8) is 0 Å². The number of hydrogen-bond donors (Lipinski definition) is 0. The number of rotatable bonds is 4. The largest absolute Gasteiger partial charge is 0.327 e. The van der Waals surface area contributed by atoms with E-state index in [1.54, 1.807) is 6.34 Å². The van der Waals surface area contributed by atoms with E-state index in [0.29, 0.717) is 5.92 Å². The molecule has 0 aliphatic carbocycles. The van der Waals surface area contributed by atoms with Gasteiger partial charge in [0, 0.05) is 13.1 Å². The molecular formula is C10H18N4. The van der Waals surface area contributed by atoms with E-state index in [-0.39, 0.29) is 6.17 Å². The molecule has 0 N–H and O–H groups in total. The molecule has 1 aliphatic rings. The van der Waals surface area contributed by atoms with Gasteiger partial charge in [0.2, 0.25) is 6.17 Å². The van der Waals surface area contributed by atoms with Crippen molar-refractivity contribution < 1.29 is 0 Å². The summed E-state index contributed by atoms with van der Waals surface area (Å²) in [5, 5.41) is 15.1. The van der Waals surface area contributed by atoms with Gasteiger partial charge in [-0.15, -0.1) is 0 Å². The molecule has 0 spiro atoms. The lowest BCUT2D eigenvalue weighted by Gasteiger charge is -2.25. The summed E-state index contributed by atoms with van der Waals surface area (Å²) in [5.41, 5.74) is 0. The van der Waals surface area contributed by atoms with Gasteiger partial charge in [0.15, 0.2) is 0 Å². The van der Waals surface area contributed by atoms with Crippen LogP contribution in [0.5, 0.6) is 0 Å². The number of hydrazone groups is 1. The lowest BCUT2D eigenvalue weighted by Crippen LogP contribution is -2.40. The summed E-state index contributed by atoms with van der Waals surface area (Å²) < 4.78 is 0. The highest BCUT2D eigenvalue weighted by molar-refractivity contribution is 5.58. The Bertz CT molecular complexity index is 241. The number of nitrogens with zero attached hydrogens (tertiary/aromatic N) is 4. The summed E-state index contributed by atoms with van der Waals surface area (Å²) in [4.78, 5) is 2.00. The van der Waals surface area contributed by atoms with Crippen LogP contribution < -0.4 is 0 Å². The maximum atomic E-state index is 9.03. The van der Waals surface area contributed by atoms with Gasteiger partial charge in [-0.3, -0.25) is 5.01 Å². The monoisotopic (exact) mass is 194 g/mol. The molecular weight excluding hydrogens is 176 g/mol. The Morgan fingerprint density at radius 1 is 1.57 bits per heavy atom. The second kappa shape index (κ2) is 4.85. The molecule has 1 unspecified atom stereocenters. The Morgan fingerprint density at radius 2 is 2.29 bits per heavy atom. The van der Waals surface area contributed by atoms with Gasteiger partial charge in [0.25, 0.3) is 0 Å². The standard InChI is InChI=1S/C10H18N4/c1-4-5-14-10(6-11)13(8-12-14)7-9(2)3/h8-10H,4-5,7H2,1-3H3. The van der Waals surface area contributed by atoms with Crippen LogP contribution in [-0.4, -0.2) is 35.5 Å². The van der Waals surface area contributed by atoms with E-state index in [9.17, 15) is 0 Å². The minimum atomic E-state index is -0.197. The first kappa shape index (κ1) is 10.8.